The van der Waals surface area contributed by atoms with E-state index in [1.54, 1.807) is 0 Å². The zero-order chi connectivity index (χ0) is 15.7. The number of rotatable bonds is 5. The van der Waals surface area contributed by atoms with Crippen molar-refractivity contribution in [3.63, 3.8) is 0 Å². The third-order valence-electron chi connectivity index (χ3n) is 4.23. The maximum atomic E-state index is 12.6. The quantitative estimate of drug-likeness (QED) is 0.876. The zero-order valence-electron chi connectivity index (χ0n) is 13.2. The van der Waals surface area contributed by atoms with Gasteiger partial charge in [-0.25, -0.2) is 13.1 Å². The van der Waals surface area contributed by atoms with Crippen LogP contribution >= 0.6 is 0 Å². The van der Waals surface area contributed by atoms with Gasteiger partial charge in [0.15, 0.2) is 0 Å². The van der Waals surface area contributed by atoms with Gasteiger partial charge in [0.2, 0.25) is 10.0 Å². The molecule has 0 aliphatic rings. The van der Waals surface area contributed by atoms with Crippen molar-refractivity contribution in [3.8, 4) is 0 Å². The largest absolute Gasteiger partial charge is 0.395 e. The Morgan fingerprint density at radius 2 is 1.35 bits per heavy atom. The average Bonchev–Trinajstić information content (AvgIpc) is 2.40. The summed E-state index contributed by atoms with van der Waals surface area (Å²) >= 11 is 0. The minimum atomic E-state index is -3.62. The van der Waals surface area contributed by atoms with E-state index >= 15 is 0 Å². The summed E-state index contributed by atoms with van der Waals surface area (Å²) in [7, 11) is -3.62. The number of aliphatic hydroxyl groups excluding tert-OH is 1. The fourth-order valence-corrected chi connectivity index (χ4v) is 4.31. The Morgan fingerprint density at radius 1 is 0.950 bits per heavy atom. The number of hydrogen-bond acceptors (Lipinski definition) is 3. The van der Waals surface area contributed by atoms with E-state index in [9.17, 15) is 13.5 Å². The minimum absolute atomic E-state index is 0.197. The fraction of sp³-hybridized carbons (Fsp3) is 0.600. The summed E-state index contributed by atoms with van der Waals surface area (Å²) in [6, 6.07) is -0.444. The van der Waals surface area contributed by atoms with Gasteiger partial charge in [0, 0.05) is 6.04 Å². The molecule has 1 aromatic carbocycles. The molecule has 0 saturated carbocycles. The van der Waals surface area contributed by atoms with Crippen molar-refractivity contribution < 1.29 is 13.5 Å². The predicted molar refractivity (Wildman–Crippen MR) is 81.6 cm³/mol. The number of nitrogens with one attached hydrogen (secondary N) is 1. The Labute approximate surface area is 122 Å². The fourth-order valence-electron chi connectivity index (χ4n) is 2.40. The van der Waals surface area contributed by atoms with Gasteiger partial charge >= 0.3 is 0 Å². The van der Waals surface area contributed by atoms with Gasteiger partial charge in [-0.1, -0.05) is 6.92 Å². The summed E-state index contributed by atoms with van der Waals surface area (Å²) < 4.78 is 27.8. The van der Waals surface area contributed by atoms with Crippen LogP contribution in [-0.4, -0.2) is 26.2 Å². The zero-order valence-corrected chi connectivity index (χ0v) is 14.0. The molecule has 0 fully saturated rings. The number of aliphatic hydroxyl groups is 1. The summed E-state index contributed by atoms with van der Waals surface area (Å²) in [4.78, 5) is 0.352. The highest BCUT2D eigenvalue weighted by Gasteiger charge is 2.25. The molecule has 114 valence electrons. The molecule has 0 spiro atoms. The van der Waals surface area contributed by atoms with E-state index in [2.05, 4.69) is 4.72 Å². The van der Waals surface area contributed by atoms with Crippen molar-refractivity contribution in [3.05, 3.63) is 27.8 Å². The minimum Gasteiger partial charge on any atom is -0.395 e. The maximum Gasteiger partial charge on any atom is 0.241 e. The molecule has 0 bridgehead atoms. The number of benzene rings is 1. The van der Waals surface area contributed by atoms with Gasteiger partial charge in [-0.05, 0) is 68.9 Å². The molecule has 2 N–H and O–H groups in total. The molecular formula is C15H25NO3S. The van der Waals surface area contributed by atoms with E-state index in [4.69, 9.17) is 0 Å². The van der Waals surface area contributed by atoms with Gasteiger partial charge < -0.3 is 5.11 Å². The first kappa shape index (κ1) is 17.1. The van der Waals surface area contributed by atoms with Crippen LogP contribution in [0.3, 0.4) is 0 Å². The molecule has 1 aromatic rings. The van der Waals surface area contributed by atoms with E-state index < -0.39 is 16.1 Å². The van der Waals surface area contributed by atoms with E-state index in [-0.39, 0.29) is 6.61 Å². The molecule has 1 atom stereocenters. The monoisotopic (exact) mass is 299 g/mol. The Morgan fingerprint density at radius 3 is 1.70 bits per heavy atom. The van der Waals surface area contributed by atoms with Crippen LogP contribution in [0.1, 0.15) is 41.2 Å². The summed E-state index contributed by atoms with van der Waals surface area (Å²) in [6.45, 7) is 11.2. The molecular weight excluding hydrogens is 274 g/mol. The first-order valence-electron chi connectivity index (χ1n) is 6.87. The van der Waals surface area contributed by atoms with Crippen molar-refractivity contribution in [1.29, 1.82) is 0 Å². The van der Waals surface area contributed by atoms with Crippen LogP contribution in [0.5, 0.6) is 0 Å². The Bertz CT molecular complexity index is 573. The normalized spacial score (nSPS) is 13.6. The van der Waals surface area contributed by atoms with Crippen LogP contribution in [0, 0.1) is 34.6 Å². The molecule has 0 aliphatic carbocycles. The van der Waals surface area contributed by atoms with Crippen LogP contribution in [0.4, 0.5) is 0 Å². The van der Waals surface area contributed by atoms with Crippen LogP contribution < -0.4 is 4.72 Å². The predicted octanol–water partition coefficient (Wildman–Crippen LogP) is 2.28. The molecule has 5 heteroatoms. The van der Waals surface area contributed by atoms with Crippen molar-refractivity contribution >= 4 is 10.0 Å². The van der Waals surface area contributed by atoms with E-state index in [0.717, 1.165) is 27.8 Å². The van der Waals surface area contributed by atoms with Crippen molar-refractivity contribution in [1.82, 2.24) is 4.72 Å². The lowest BCUT2D eigenvalue weighted by Crippen LogP contribution is -2.37. The summed E-state index contributed by atoms with van der Waals surface area (Å²) in [5.41, 5.74) is 4.71. The van der Waals surface area contributed by atoms with Gasteiger partial charge in [-0.2, -0.15) is 0 Å². The highest BCUT2D eigenvalue weighted by atomic mass is 32.2. The highest BCUT2D eigenvalue weighted by Crippen LogP contribution is 2.29. The van der Waals surface area contributed by atoms with E-state index in [1.165, 1.54) is 0 Å². The first-order chi connectivity index (χ1) is 9.17. The molecule has 4 nitrogen and oxygen atoms in total. The summed E-state index contributed by atoms with van der Waals surface area (Å²) in [6.07, 6.45) is 0.553. The molecule has 0 aliphatic heterocycles. The van der Waals surface area contributed by atoms with Crippen molar-refractivity contribution in [2.24, 2.45) is 0 Å². The van der Waals surface area contributed by atoms with Crippen molar-refractivity contribution in [2.75, 3.05) is 6.61 Å². The lowest BCUT2D eigenvalue weighted by Gasteiger charge is -2.21. The lowest BCUT2D eigenvalue weighted by molar-refractivity contribution is 0.254. The molecule has 0 heterocycles. The van der Waals surface area contributed by atoms with Gasteiger partial charge in [-0.15, -0.1) is 0 Å². The highest BCUT2D eigenvalue weighted by molar-refractivity contribution is 7.89. The molecule has 0 unspecified atom stereocenters. The molecule has 20 heavy (non-hydrogen) atoms. The molecule has 0 amide bonds. The average molecular weight is 299 g/mol. The summed E-state index contributed by atoms with van der Waals surface area (Å²) in [5, 5.41) is 9.20. The van der Waals surface area contributed by atoms with Gasteiger partial charge in [-0.3, -0.25) is 0 Å². The van der Waals surface area contributed by atoms with Gasteiger partial charge in [0.05, 0.1) is 11.5 Å². The van der Waals surface area contributed by atoms with E-state index in [0.29, 0.717) is 11.3 Å². The Balaban J connectivity index is 3.47. The third-order valence-corrected chi connectivity index (χ3v) is 6.03. The van der Waals surface area contributed by atoms with E-state index in [1.807, 2.05) is 41.5 Å². The molecule has 0 radical (unpaired) electrons. The Hall–Kier alpha value is -0.910. The molecule has 0 aromatic heterocycles. The standard InChI is InChI=1S/C15H25NO3S/c1-7-14(8-17)16-20(18,19)15-12(5)10(3)9(2)11(4)13(15)6/h14,16-17H,7-8H2,1-6H3/t14-/m1/s1. The number of hydrogen-bond donors (Lipinski definition) is 2. The summed E-state index contributed by atoms with van der Waals surface area (Å²) in [5.74, 6) is 0. The van der Waals surface area contributed by atoms with Crippen LogP contribution in [0.2, 0.25) is 0 Å². The first-order valence-corrected chi connectivity index (χ1v) is 8.35. The lowest BCUT2D eigenvalue weighted by atomic mass is 9.95. The molecule has 1 rings (SSSR count). The van der Waals surface area contributed by atoms with Crippen molar-refractivity contribution in [2.45, 2.75) is 58.9 Å². The topological polar surface area (TPSA) is 66.4 Å². The van der Waals surface area contributed by atoms with Crippen LogP contribution in [0.25, 0.3) is 0 Å². The second-order valence-corrected chi connectivity index (χ2v) is 7.01. The van der Waals surface area contributed by atoms with Gasteiger partial charge in [0.25, 0.3) is 0 Å². The SMILES string of the molecule is CC[C@H](CO)NS(=O)(=O)c1c(C)c(C)c(C)c(C)c1C. The third kappa shape index (κ3) is 3.05. The Kier molecular flexibility index (Phi) is 5.35. The second kappa shape index (κ2) is 6.24. The number of sulfonamides is 1. The maximum absolute atomic E-state index is 12.6. The van der Waals surface area contributed by atoms with Gasteiger partial charge in [0.1, 0.15) is 0 Å². The molecule has 0 saturated heterocycles. The second-order valence-electron chi connectivity index (χ2n) is 5.36. The van der Waals surface area contributed by atoms with Crippen LogP contribution in [-0.2, 0) is 10.0 Å². The smallest absolute Gasteiger partial charge is 0.241 e. The van der Waals surface area contributed by atoms with Crippen LogP contribution in [0.15, 0.2) is 4.90 Å².